The zero-order valence-electron chi connectivity index (χ0n) is 10.3. The van der Waals surface area contributed by atoms with Crippen molar-refractivity contribution in [1.29, 1.82) is 0 Å². The standard InChI is InChI=1S/C11H17N5O2/c1-12-6-4-11(5-7-13-16-11)15-8-2-3-9(17)14-10(8)18/h5,7-8,12,15H,2-4,6H2,1H3,(H,14,17,18). The van der Waals surface area contributed by atoms with Crippen LogP contribution in [0.4, 0.5) is 0 Å². The Morgan fingerprint density at radius 1 is 1.56 bits per heavy atom. The Balaban J connectivity index is 2.01. The van der Waals surface area contributed by atoms with Crippen molar-refractivity contribution in [2.45, 2.75) is 31.0 Å². The fourth-order valence-corrected chi connectivity index (χ4v) is 2.06. The molecule has 0 bridgehead atoms. The van der Waals surface area contributed by atoms with Crippen molar-refractivity contribution in [2.24, 2.45) is 10.2 Å². The molecule has 2 aliphatic heterocycles. The van der Waals surface area contributed by atoms with Crippen molar-refractivity contribution in [1.82, 2.24) is 16.0 Å². The van der Waals surface area contributed by atoms with E-state index in [1.165, 1.54) is 0 Å². The molecule has 1 saturated heterocycles. The van der Waals surface area contributed by atoms with E-state index in [0.717, 1.165) is 6.54 Å². The van der Waals surface area contributed by atoms with E-state index in [1.54, 1.807) is 6.20 Å². The highest BCUT2D eigenvalue weighted by Gasteiger charge is 2.36. The second-order valence-electron chi connectivity index (χ2n) is 4.46. The Kier molecular flexibility index (Phi) is 3.83. The van der Waals surface area contributed by atoms with Crippen molar-refractivity contribution >= 4 is 11.8 Å². The molecule has 2 aliphatic rings. The van der Waals surface area contributed by atoms with Gasteiger partial charge < -0.3 is 5.32 Å². The Labute approximate surface area is 105 Å². The molecule has 2 amide bonds. The summed E-state index contributed by atoms with van der Waals surface area (Å²) in [7, 11) is 1.86. The van der Waals surface area contributed by atoms with Crippen LogP contribution in [0.2, 0.25) is 0 Å². The van der Waals surface area contributed by atoms with E-state index in [-0.39, 0.29) is 11.8 Å². The van der Waals surface area contributed by atoms with E-state index >= 15 is 0 Å². The minimum Gasteiger partial charge on any atom is -0.320 e. The van der Waals surface area contributed by atoms with Gasteiger partial charge in [0.25, 0.3) is 0 Å². The number of carbonyl (C=O) groups is 2. The van der Waals surface area contributed by atoms with Gasteiger partial charge in [-0.1, -0.05) is 0 Å². The lowest BCUT2D eigenvalue weighted by molar-refractivity contribution is -0.135. The second kappa shape index (κ2) is 5.36. The minimum absolute atomic E-state index is 0.217. The summed E-state index contributed by atoms with van der Waals surface area (Å²) in [4.78, 5) is 22.8. The Morgan fingerprint density at radius 2 is 2.39 bits per heavy atom. The van der Waals surface area contributed by atoms with Gasteiger partial charge in [0, 0.05) is 19.0 Å². The number of imide groups is 1. The zero-order chi connectivity index (χ0) is 13.0. The molecule has 2 unspecified atom stereocenters. The summed E-state index contributed by atoms with van der Waals surface area (Å²) < 4.78 is 0. The van der Waals surface area contributed by atoms with E-state index in [0.29, 0.717) is 19.3 Å². The van der Waals surface area contributed by atoms with E-state index in [2.05, 4.69) is 26.2 Å². The first kappa shape index (κ1) is 12.8. The van der Waals surface area contributed by atoms with Gasteiger partial charge in [-0.15, -0.1) is 0 Å². The highest BCUT2D eigenvalue weighted by Crippen LogP contribution is 2.22. The number of azo groups is 1. The SMILES string of the molecule is CNCCC1(NC2CCC(=O)NC2=O)C=CN=N1. The third-order valence-corrected chi connectivity index (χ3v) is 3.07. The molecule has 1 fully saturated rings. The summed E-state index contributed by atoms with van der Waals surface area (Å²) in [6, 6.07) is -0.402. The van der Waals surface area contributed by atoms with Gasteiger partial charge in [0.05, 0.1) is 6.04 Å². The lowest BCUT2D eigenvalue weighted by atomic mass is 10.0. The van der Waals surface area contributed by atoms with Crippen LogP contribution < -0.4 is 16.0 Å². The number of hydrogen-bond donors (Lipinski definition) is 3. The van der Waals surface area contributed by atoms with E-state index < -0.39 is 11.7 Å². The van der Waals surface area contributed by atoms with Crippen molar-refractivity contribution < 1.29 is 9.59 Å². The van der Waals surface area contributed by atoms with Crippen LogP contribution in [0.25, 0.3) is 0 Å². The molecule has 7 heteroatoms. The number of nitrogens with zero attached hydrogens (tertiary/aromatic N) is 2. The molecule has 7 nitrogen and oxygen atoms in total. The minimum atomic E-state index is -0.634. The normalized spacial score (nSPS) is 30.8. The van der Waals surface area contributed by atoms with Crippen LogP contribution in [0, 0.1) is 0 Å². The van der Waals surface area contributed by atoms with Crippen LogP contribution in [0.3, 0.4) is 0 Å². The van der Waals surface area contributed by atoms with Gasteiger partial charge in [-0.2, -0.15) is 10.2 Å². The van der Waals surface area contributed by atoms with Gasteiger partial charge in [-0.3, -0.25) is 20.2 Å². The summed E-state index contributed by atoms with van der Waals surface area (Å²) in [5.74, 6) is -0.503. The lowest BCUT2D eigenvalue weighted by Crippen LogP contribution is -2.57. The largest absolute Gasteiger partial charge is 0.320 e. The highest BCUT2D eigenvalue weighted by molar-refractivity contribution is 6.00. The van der Waals surface area contributed by atoms with Crippen molar-refractivity contribution in [3.63, 3.8) is 0 Å². The van der Waals surface area contributed by atoms with Gasteiger partial charge >= 0.3 is 0 Å². The highest BCUT2D eigenvalue weighted by atomic mass is 16.2. The van der Waals surface area contributed by atoms with Crippen molar-refractivity contribution in [3.8, 4) is 0 Å². The van der Waals surface area contributed by atoms with E-state index in [9.17, 15) is 9.59 Å². The zero-order valence-corrected chi connectivity index (χ0v) is 10.3. The number of rotatable bonds is 5. The Hall–Kier alpha value is -1.60. The maximum absolute atomic E-state index is 11.7. The first-order chi connectivity index (χ1) is 8.65. The first-order valence-corrected chi connectivity index (χ1v) is 6.01. The smallest absolute Gasteiger partial charge is 0.243 e. The number of piperidine rings is 1. The van der Waals surface area contributed by atoms with Crippen LogP contribution in [0.15, 0.2) is 22.5 Å². The molecule has 0 spiro atoms. The van der Waals surface area contributed by atoms with Gasteiger partial charge in [-0.05, 0) is 26.1 Å². The van der Waals surface area contributed by atoms with Gasteiger partial charge in [0.2, 0.25) is 11.8 Å². The van der Waals surface area contributed by atoms with E-state index in [1.807, 2.05) is 13.1 Å². The summed E-state index contributed by atoms with van der Waals surface area (Å²) in [5.41, 5.74) is -0.634. The maximum Gasteiger partial charge on any atom is 0.243 e. The average molecular weight is 251 g/mol. The van der Waals surface area contributed by atoms with Gasteiger partial charge in [0.15, 0.2) is 5.66 Å². The number of amides is 2. The summed E-state index contributed by atoms with van der Waals surface area (Å²) >= 11 is 0. The molecule has 0 aliphatic carbocycles. The molecule has 2 rings (SSSR count). The topological polar surface area (TPSA) is 94.9 Å². The molecular weight excluding hydrogens is 234 g/mol. The molecule has 0 aromatic carbocycles. The molecule has 3 N–H and O–H groups in total. The molecule has 2 atom stereocenters. The van der Waals surface area contributed by atoms with Crippen molar-refractivity contribution in [3.05, 3.63) is 12.3 Å². The Bertz CT molecular complexity index is 392. The molecule has 0 radical (unpaired) electrons. The van der Waals surface area contributed by atoms with Crippen LogP contribution in [0.5, 0.6) is 0 Å². The molecule has 0 saturated carbocycles. The van der Waals surface area contributed by atoms with Crippen LogP contribution >= 0.6 is 0 Å². The fraction of sp³-hybridized carbons (Fsp3) is 0.636. The van der Waals surface area contributed by atoms with Gasteiger partial charge in [0.1, 0.15) is 0 Å². The predicted octanol–water partition coefficient (Wildman–Crippen LogP) is -0.333. The summed E-state index contributed by atoms with van der Waals surface area (Å²) in [6.07, 6.45) is 5.01. The van der Waals surface area contributed by atoms with E-state index in [4.69, 9.17) is 0 Å². The quantitative estimate of drug-likeness (QED) is 0.583. The van der Waals surface area contributed by atoms with Crippen LogP contribution in [-0.2, 0) is 9.59 Å². The second-order valence-corrected chi connectivity index (χ2v) is 4.46. The molecule has 0 aromatic heterocycles. The third-order valence-electron chi connectivity index (χ3n) is 3.07. The number of carbonyl (C=O) groups excluding carboxylic acids is 2. The molecule has 2 heterocycles. The molecular formula is C11H17N5O2. The van der Waals surface area contributed by atoms with Gasteiger partial charge in [-0.25, -0.2) is 0 Å². The lowest BCUT2D eigenvalue weighted by Gasteiger charge is -2.31. The summed E-state index contributed by atoms with van der Waals surface area (Å²) in [6.45, 7) is 0.754. The predicted molar refractivity (Wildman–Crippen MR) is 64.6 cm³/mol. The maximum atomic E-state index is 11.7. The molecule has 18 heavy (non-hydrogen) atoms. The first-order valence-electron chi connectivity index (χ1n) is 6.01. The van der Waals surface area contributed by atoms with Crippen LogP contribution in [-0.4, -0.2) is 37.1 Å². The molecule has 0 aromatic rings. The average Bonchev–Trinajstić information content (AvgIpc) is 2.80. The summed E-state index contributed by atoms with van der Waals surface area (Å²) in [5, 5.41) is 16.6. The number of hydrogen-bond acceptors (Lipinski definition) is 6. The molecule has 98 valence electrons. The fourth-order valence-electron chi connectivity index (χ4n) is 2.06. The van der Waals surface area contributed by atoms with Crippen LogP contribution in [0.1, 0.15) is 19.3 Å². The van der Waals surface area contributed by atoms with Crippen molar-refractivity contribution in [2.75, 3.05) is 13.6 Å². The monoisotopic (exact) mass is 251 g/mol. The Morgan fingerprint density at radius 3 is 3.00 bits per heavy atom. The number of nitrogens with one attached hydrogen (secondary N) is 3. The third kappa shape index (κ3) is 2.80.